The second kappa shape index (κ2) is 7.55. The van der Waals surface area contributed by atoms with Gasteiger partial charge in [-0.1, -0.05) is 0 Å². The molecule has 6 nitrogen and oxygen atoms in total. The van der Waals surface area contributed by atoms with Crippen molar-refractivity contribution in [2.75, 3.05) is 5.32 Å². The molecule has 12 heteroatoms. The van der Waals surface area contributed by atoms with Gasteiger partial charge in [0.05, 0.1) is 22.7 Å². The van der Waals surface area contributed by atoms with Crippen LogP contribution in [0.25, 0.3) is 0 Å². The van der Waals surface area contributed by atoms with Crippen LogP contribution in [0, 0.1) is 22.7 Å². The summed E-state index contributed by atoms with van der Waals surface area (Å²) < 4.78 is 64.1. The Hall–Kier alpha value is -3.25. The predicted molar refractivity (Wildman–Crippen MR) is 83.4 cm³/mol. The first kappa shape index (κ1) is 20.1. The molecular weight excluding hydrogens is 395 g/mol. The van der Waals surface area contributed by atoms with Crippen LogP contribution in [-0.4, -0.2) is 16.9 Å². The summed E-state index contributed by atoms with van der Waals surface area (Å²) in [6.07, 6.45) is -6.89. The second-order valence-corrected chi connectivity index (χ2v) is 6.07. The summed E-state index contributed by atoms with van der Waals surface area (Å²) in [5.41, 5.74) is -2.51. The van der Waals surface area contributed by atoms with Gasteiger partial charge in [-0.05, 0) is 12.1 Å². The minimum absolute atomic E-state index is 0.0332. The molecule has 0 bridgehead atoms. The highest BCUT2D eigenvalue weighted by molar-refractivity contribution is 7.14. The first-order valence-electron chi connectivity index (χ1n) is 6.92. The van der Waals surface area contributed by atoms with Crippen molar-refractivity contribution < 1.29 is 26.7 Å². The molecule has 0 aliphatic rings. The highest BCUT2D eigenvalue weighted by Gasteiger charge is 2.37. The minimum atomic E-state index is -4.83. The monoisotopic (exact) mass is 402 g/mol. The molecule has 2 heterocycles. The Morgan fingerprint density at radius 2 is 1.85 bits per heavy atom. The summed E-state index contributed by atoms with van der Waals surface area (Å²) in [6.45, 7) is -1.03. The lowest BCUT2D eigenvalue weighted by atomic mass is 10.2. The first-order chi connectivity index (χ1) is 12.6. The van der Waals surface area contributed by atoms with Crippen molar-refractivity contribution in [1.29, 1.82) is 10.5 Å². The lowest BCUT2D eigenvalue weighted by Crippen LogP contribution is -2.26. The number of pyridine rings is 1. The van der Waals surface area contributed by atoms with E-state index in [0.717, 1.165) is 18.3 Å². The highest BCUT2D eigenvalue weighted by Crippen LogP contribution is 2.38. The van der Waals surface area contributed by atoms with Crippen molar-refractivity contribution in [2.45, 2.75) is 19.1 Å². The lowest BCUT2D eigenvalue weighted by Gasteiger charge is -2.09. The first-order valence-corrected chi connectivity index (χ1v) is 7.73. The average Bonchev–Trinajstić information content (AvgIpc) is 3.02. The average molecular weight is 402 g/mol. The molecule has 2 aromatic heterocycles. The molecule has 0 aromatic carbocycles. The maximum absolute atomic E-state index is 12.8. The molecule has 0 aliphatic heterocycles. The second-order valence-electron chi connectivity index (χ2n) is 5.02. The van der Waals surface area contributed by atoms with Gasteiger partial charge in [-0.2, -0.15) is 23.7 Å². The summed E-state index contributed by atoms with van der Waals surface area (Å²) in [7, 11) is 0. The van der Waals surface area contributed by atoms with E-state index >= 15 is 0 Å². The Labute approximate surface area is 151 Å². The number of carbonyl (C=O) groups excluding carboxylic acids is 1. The predicted octanol–water partition coefficient (Wildman–Crippen LogP) is 3.19. The fraction of sp³-hybridized carbons (Fsp3) is 0.200. The largest absolute Gasteiger partial charge is 0.426 e. The molecule has 0 saturated heterocycles. The SMILES string of the molecule is N#Cc1cc(C(=O)Nc2cc(C#N)c(=O)n(CC(F)F)c2)sc1C(F)(F)F. The Bertz CT molecular complexity index is 1030. The maximum atomic E-state index is 12.8. The van der Waals surface area contributed by atoms with Crippen LogP contribution in [0.1, 0.15) is 25.7 Å². The van der Waals surface area contributed by atoms with Crippen LogP contribution in [0.5, 0.6) is 0 Å². The van der Waals surface area contributed by atoms with Crippen molar-refractivity contribution in [3.63, 3.8) is 0 Å². The Morgan fingerprint density at radius 3 is 2.33 bits per heavy atom. The zero-order chi connectivity index (χ0) is 20.4. The zero-order valence-electron chi connectivity index (χ0n) is 13.0. The molecule has 1 N–H and O–H groups in total. The number of carbonyl (C=O) groups is 1. The van der Waals surface area contributed by atoms with Crippen molar-refractivity contribution in [3.8, 4) is 12.1 Å². The van der Waals surface area contributed by atoms with Gasteiger partial charge in [0, 0.05) is 6.20 Å². The molecule has 0 radical (unpaired) electrons. The number of anilines is 1. The summed E-state index contributed by atoms with van der Waals surface area (Å²) in [5.74, 6) is -1.06. The van der Waals surface area contributed by atoms with Crippen molar-refractivity contribution in [1.82, 2.24) is 4.57 Å². The standard InChI is InChI=1S/C15H7F5N4O2S/c16-11(17)6-24-5-9(1-8(4-22)14(24)26)23-13(25)10-2-7(3-21)12(27-10)15(18,19)20/h1-2,5,11H,6H2,(H,23,25). The smallest absolute Gasteiger partial charge is 0.320 e. The number of nitrogens with one attached hydrogen (secondary N) is 1. The number of thiophene rings is 1. The Morgan fingerprint density at radius 1 is 1.22 bits per heavy atom. The van der Waals surface area contributed by atoms with Crippen LogP contribution >= 0.6 is 11.3 Å². The molecule has 2 aromatic rings. The molecule has 0 unspecified atom stereocenters. The number of hydrogen-bond acceptors (Lipinski definition) is 5. The van der Waals surface area contributed by atoms with Gasteiger partial charge in [0.1, 0.15) is 22.6 Å². The number of nitrogens with zero attached hydrogens (tertiary/aromatic N) is 3. The van der Waals surface area contributed by atoms with E-state index in [2.05, 4.69) is 5.32 Å². The van der Waals surface area contributed by atoms with Crippen molar-refractivity contribution in [3.05, 3.63) is 49.6 Å². The van der Waals surface area contributed by atoms with Gasteiger partial charge >= 0.3 is 6.18 Å². The number of halogens is 5. The van der Waals surface area contributed by atoms with E-state index in [0.29, 0.717) is 4.57 Å². The highest BCUT2D eigenvalue weighted by atomic mass is 32.1. The third-order valence-corrected chi connectivity index (χ3v) is 4.31. The molecule has 0 fully saturated rings. The van der Waals surface area contributed by atoms with E-state index in [4.69, 9.17) is 10.5 Å². The van der Waals surface area contributed by atoms with E-state index in [9.17, 15) is 31.5 Å². The number of aromatic nitrogens is 1. The number of rotatable bonds is 4. The number of nitriles is 2. The summed E-state index contributed by atoms with van der Waals surface area (Å²) in [5, 5.41) is 19.8. The van der Waals surface area contributed by atoms with E-state index in [-0.39, 0.29) is 17.0 Å². The van der Waals surface area contributed by atoms with Gasteiger partial charge in [0.25, 0.3) is 17.9 Å². The minimum Gasteiger partial charge on any atom is -0.320 e. The van der Waals surface area contributed by atoms with Crippen LogP contribution in [0.2, 0.25) is 0 Å². The van der Waals surface area contributed by atoms with E-state index < -0.39 is 51.5 Å². The van der Waals surface area contributed by atoms with Crippen LogP contribution < -0.4 is 10.9 Å². The van der Waals surface area contributed by atoms with Gasteiger partial charge in [-0.25, -0.2) is 8.78 Å². The van der Waals surface area contributed by atoms with Gasteiger partial charge in [0.2, 0.25) is 0 Å². The van der Waals surface area contributed by atoms with Gasteiger partial charge in [-0.15, -0.1) is 11.3 Å². The molecular formula is C15H7F5N4O2S. The summed E-state index contributed by atoms with van der Waals surface area (Å²) in [6, 6.07) is 4.47. The maximum Gasteiger partial charge on any atom is 0.426 e. The summed E-state index contributed by atoms with van der Waals surface area (Å²) >= 11 is 0.0332. The van der Waals surface area contributed by atoms with E-state index in [1.165, 1.54) is 12.1 Å². The van der Waals surface area contributed by atoms with Gasteiger partial charge in [-0.3, -0.25) is 9.59 Å². The third-order valence-electron chi connectivity index (χ3n) is 3.13. The lowest BCUT2D eigenvalue weighted by molar-refractivity contribution is -0.134. The number of amides is 1. The van der Waals surface area contributed by atoms with Gasteiger partial charge < -0.3 is 9.88 Å². The molecule has 2 rings (SSSR count). The molecule has 140 valence electrons. The molecule has 1 amide bonds. The van der Waals surface area contributed by atoms with Crippen molar-refractivity contribution in [2.24, 2.45) is 0 Å². The van der Waals surface area contributed by atoms with Gasteiger partial charge in [0.15, 0.2) is 0 Å². The number of alkyl halides is 5. The molecule has 0 saturated carbocycles. The molecule has 0 atom stereocenters. The fourth-order valence-electron chi connectivity index (χ4n) is 2.06. The van der Waals surface area contributed by atoms with E-state index in [1.54, 1.807) is 0 Å². The molecule has 27 heavy (non-hydrogen) atoms. The van der Waals surface area contributed by atoms with Crippen LogP contribution in [-0.2, 0) is 12.7 Å². The van der Waals surface area contributed by atoms with Crippen LogP contribution in [0.15, 0.2) is 23.1 Å². The topological polar surface area (TPSA) is 98.7 Å². The number of hydrogen-bond donors (Lipinski definition) is 1. The third kappa shape index (κ3) is 4.48. The summed E-state index contributed by atoms with van der Waals surface area (Å²) in [4.78, 5) is 22.2. The van der Waals surface area contributed by atoms with Crippen molar-refractivity contribution >= 4 is 22.9 Å². The normalized spacial score (nSPS) is 11.1. The molecule has 0 aliphatic carbocycles. The molecule has 0 spiro atoms. The van der Waals surface area contributed by atoms with Crippen LogP contribution in [0.3, 0.4) is 0 Å². The zero-order valence-corrected chi connectivity index (χ0v) is 13.8. The Kier molecular flexibility index (Phi) is 5.61. The quantitative estimate of drug-likeness (QED) is 0.794. The fourth-order valence-corrected chi connectivity index (χ4v) is 2.93. The Balaban J connectivity index is 2.39. The van der Waals surface area contributed by atoms with Crippen LogP contribution in [0.4, 0.5) is 27.6 Å². The van der Waals surface area contributed by atoms with E-state index in [1.807, 2.05) is 0 Å².